The van der Waals surface area contributed by atoms with E-state index in [0.29, 0.717) is 31.9 Å². The van der Waals surface area contributed by atoms with Gasteiger partial charge in [-0.2, -0.15) is 5.12 Å². The van der Waals surface area contributed by atoms with E-state index in [1.165, 1.54) is 6.92 Å². The monoisotopic (exact) mass is 478 g/mol. The zero-order valence-electron chi connectivity index (χ0n) is 20.0. The van der Waals surface area contributed by atoms with Crippen molar-refractivity contribution in [3.8, 4) is 17.0 Å². The highest BCUT2D eigenvalue weighted by Crippen LogP contribution is 2.37. The molecule has 0 spiro atoms. The SMILES string of the molecule is CNN(CCOc1ccc(-c2nc([C@H]3C[C@@H](O)CN3C(C)=O)n3c2cnc2[nH]ccc23)cc1)NC. The van der Waals surface area contributed by atoms with Crippen LogP contribution in [0.25, 0.3) is 27.9 Å². The molecular formula is C24H30N8O3. The average Bonchev–Trinajstić information content (AvgIpc) is 3.58. The van der Waals surface area contributed by atoms with Gasteiger partial charge in [-0.3, -0.25) is 9.20 Å². The van der Waals surface area contributed by atoms with Crippen molar-refractivity contribution in [3.05, 3.63) is 48.5 Å². The Morgan fingerprint density at radius 3 is 2.71 bits per heavy atom. The largest absolute Gasteiger partial charge is 0.492 e. The van der Waals surface area contributed by atoms with Crippen molar-refractivity contribution in [2.24, 2.45) is 0 Å². The molecule has 1 amide bonds. The van der Waals surface area contributed by atoms with Gasteiger partial charge in [-0.25, -0.2) is 20.8 Å². The number of nitrogens with zero attached hydrogens (tertiary/aromatic N) is 5. The van der Waals surface area contributed by atoms with Crippen LogP contribution in [-0.4, -0.2) is 80.3 Å². The maximum Gasteiger partial charge on any atom is 0.220 e. The molecule has 0 radical (unpaired) electrons. The lowest BCUT2D eigenvalue weighted by molar-refractivity contribution is -0.130. The molecular weight excluding hydrogens is 448 g/mol. The van der Waals surface area contributed by atoms with Crippen molar-refractivity contribution >= 4 is 22.6 Å². The summed E-state index contributed by atoms with van der Waals surface area (Å²) in [7, 11) is 3.68. The van der Waals surface area contributed by atoms with E-state index in [9.17, 15) is 9.90 Å². The van der Waals surface area contributed by atoms with Gasteiger partial charge in [-0.05, 0) is 30.3 Å². The summed E-state index contributed by atoms with van der Waals surface area (Å²) < 4.78 is 7.91. The van der Waals surface area contributed by atoms with Crippen LogP contribution in [0.2, 0.25) is 0 Å². The molecule has 35 heavy (non-hydrogen) atoms. The Hall–Kier alpha value is -3.51. The Balaban J connectivity index is 1.51. The van der Waals surface area contributed by atoms with Crippen molar-refractivity contribution in [2.75, 3.05) is 33.8 Å². The number of H-pyrrole nitrogens is 1. The van der Waals surface area contributed by atoms with Crippen LogP contribution in [0.4, 0.5) is 0 Å². The highest BCUT2D eigenvalue weighted by atomic mass is 16.5. The lowest BCUT2D eigenvalue weighted by Crippen LogP contribution is -2.46. The molecule has 0 aliphatic carbocycles. The minimum absolute atomic E-state index is 0.0826. The smallest absolute Gasteiger partial charge is 0.220 e. The lowest BCUT2D eigenvalue weighted by atomic mass is 10.1. The number of ether oxygens (including phenoxy) is 1. The fourth-order valence-electron chi connectivity index (χ4n) is 4.73. The number of nitrogens with one attached hydrogen (secondary N) is 3. The van der Waals surface area contributed by atoms with Crippen molar-refractivity contribution in [1.29, 1.82) is 0 Å². The number of imidazole rings is 1. The number of aliphatic hydroxyl groups is 1. The van der Waals surface area contributed by atoms with Gasteiger partial charge in [0.05, 0.1) is 41.6 Å². The summed E-state index contributed by atoms with van der Waals surface area (Å²) in [6, 6.07) is 9.42. The minimum atomic E-state index is -0.582. The molecule has 0 saturated carbocycles. The first-order valence-electron chi connectivity index (χ1n) is 11.7. The summed E-state index contributed by atoms with van der Waals surface area (Å²) in [4.78, 5) is 26.8. The Morgan fingerprint density at radius 1 is 1.23 bits per heavy atom. The number of hydrogen-bond donors (Lipinski definition) is 4. The van der Waals surface area contributed by atoms with Gasteiger partial charge in [0, 0.05) is 45.7 Å². The summed E-state index contributed by atoms with van der Waals surface area (Å²) in [6.07, 6.45) is 3.49. The molecule has 2 atom stereocenters. The maximum absolute atomic E-state index is 12.3. The maximum atomic E-state index is 12.3. The van der Waals surface area contributed by atoms with E-state index in [2.05, 4.69) is 20.8 Å². The number of hydrogen-bond acceptors (Lipinski definition) is 8. The highest BCUT2D eigenvalue weighted by molar-refractivity contribution is 5.84. The fraction of sp³-hybridized carbons (Fsp3) is 0.375. The summed E-state index contributed by atoms with van der Waals surface area (Å²) in [6.45, 7) is 3.01. The molecule has 1 fully saturated rings. The minimum Gasteiger partial charge on any atom is -0.492 e. The first-order chi connectivity index (χ1) is 17.0. The van der Waals surface area contributed by atoms with E-state index in [0.717, 1.165) is 33.7 Å². The molecule has 0 unspecified atom stereocenters. The number of rotatable bonds is 8. The fourth-order valence-corrected chi connectivity index (χ4v) is 4.73. The Bertz CT molecular complexity index is 1330. The van der Waals surface area contributed by atoms with Crippen LogP contribution in [0, 0.1) is 0 Å². The number of aromatic amines is 1. The summed E-state index contributed by atoms with van der Waals surface area (Å²) in [5.41, 5.74) is 10.2. The third-order valence-electron chi connectivity index (χ3n) is 6.43. The summed E-state index contributed by atoms with van der Waals surface area (Å²) in [5.74, 6) is 1.39. The molecule has 1 aliphatic rings. The van der Waals surface area contributed by atoms with Crippen molar-refractivity contribution in [3.63, 3.8) is 0 Å². The zero-order chi connectivity index (χ0) is 24.5. The number of aliphatic hydroxyl groups excluding tert-OH is 1. The van der Waals surface area contributed by atoms with Crippen LogP contribution < -0.4 is 15.6 Å². The van der Waals surface area contributed by atoms with E-state index >= 15 is 0 Å². The Kier molecular flexibility index (Phi) is 6.39. The summed E-state index contributed by atoms with van der Waals surface area (Å²) >= 11 is 0. The normalized spacial score (nSPS) is 18.3. The van der Waals surface area contributed by atoms with E-state index in [1.54, 1.807) is 11.1 Å². The third-order valence-corrected chi connectivity index (χ3v) is 6.43. The van der Waals surface area contributed by atoms with E-state index < -0.39 is 6.10 Å². The highest BCUT2D eigenvalue weighted by Gasteiger charge is 2.37. The van der Waals surface area contributed by atoms with Crippen molar-refractivity contribution < 1.29 is 14.6 Å². The predicted molar refractivity (Wildman–Crippen MR) is 131 cm³/mol. The van der Waals surface area contributed by atoms with Gasteiger partial charge in [0.15, 0.2) is 5.65 Å². The predicted octanol–water partition coefficient (Wildman–Crippen LogP) is 1.48. The molecule has 11 nitrogen and oxygen atoms in total. The first-order valence-corrected chi connectivity index (χ1v) is 11.7. The van der Waals surface area contributed by atoms with E-state index in [-0.39, 0.29) is 11.9 Å². The third kappa shape index (κ3) is 4.34. The lowest BCUT2D eigenvalue weighted by Gasteiger charge is -2.22. The quantitative estimate of drug-likeness (QED) is 0.281. The standard InChI is InChI=1S/C24H30N8O3/c1-15(33)30-14-17(34)12-20(30)24-29-22(21-13-28-23-19(32(21)24)8-9-27-23)16-4-6-18(7-5-16)35-11-10-31(25-2)26-3/h4-9,13,17,20,25-27,34H,10-12,14H2,1-3H3/t17-,20-/m1/s1. The second-order valence-corrected chi connectivity index (χ2v) is 8.56. The second kappa shape index (κ2) is 9.62. The van der Waals surface area contributed by atoms with Crippen LogP contribution in [0.1, 0.15) is 25.2 Å². The molecule has 4 aromatic rings. The number of amides is 1. The van der Waals surface area contributed by atoms with Crippen LogP contribution >= 0.6 is 0 Å². The number of carbonyl (C=O) groups excluding carboxylic acids is 1. The number of fused-ring (bicyclic) bond motifs is 3. The number of hydrazine groups is 2. The van der Waals surface area contributed by atoms with Gasteiger partial charge in [0.2, 0.25) is 5.91 Å². The van der Waals surface area contributed by atoms with Crippen LogP contribution in [-0.2, 0) is 4.79 Å². The molecule has 4 heterocycles. The molecule has 1 aromatic carbocycles. The Labute approximate surface area is 202 Å². The second-order valence-electron chi connectivity index (χ2n) is 8.56. The van der Waals surface area contributed by atoms with Gasteiger partial charge in [-0.15, -0.1) is 0 Å². The topological polar surface area (TPSA) is 123 Å². The first kappa shape index (κ1) is 23.2. The molecule has 5 rings (SSSR count). The number of carbonyl (C=O) groups is 1. The van der Waals surface area contributed by atoms with Crippen LogP contribution in [0.3, 0.4) is 0 Å². The van der Waals surface area contributed by atoms with E-state index in [4.69, 9.17) is 9.72 Å². The Morgan fingerprint density at radius 2 is 2.00 bits per heavy atom. The van der Waals surface area contributed by atoms with Gasteiger partial charge in [-0.1, -0.05) is 0 Å². The summed E-state index contributed by atoms with van der Waals surface area (Å²) in [5, 5.41) is 12.2. The number of β-amino-alcohol motifs (C(OH)–C–C–N with tert-alkyl or cyclic N) is 1. The van der Waals surface area contributed by atoms with E-state index in [1.807, 2.05) is 60.1 Å². The molecule has 4 N–H and O–H groups in total. The molecule has 3 aromatic heterocycles. The zero-order valence-corrected chi connectivity index (χ0v) is 20.0. The van der Waals surface area contributed by atoms with Crippen LogP contribution in [0.15, 0.2) is 42.7 Å². The molecule has 11 heteroatoms. The molecule has 1 saturated heterocycles. The number of likely N-dealkylation sites (tertiary alicyclic amines) is 1. The molecule has 1 aliphatic heterocycles. The average molecular weight is 479 g/mol. The van der Waals surface area contributed by atoms with Gasteiger partial charge in [0.1, 0.15) is 18.2 Å². The number of aromatic nitrogens is 4. The molecule has 0 bridgehead atoms. The van der Waals surface area contributed by atoms with Gasteiger partial charge >= 0.3 is 0 Å². The van der Waals surface area contributed by atoms with Gasteiger partial charge in [0.25, 0.3) is 0 Å². The van der Waals surface area contributed by atoms with Crippen LogP contribution in [0.5, 0.6) is 5.75 Å². The molecule has 184 valence electrons. The van der Waals surface area contributed by atoms with Gasteiger partial charge < -0.3 is 19.7 Å². The van der Waals surface area contributed by atoms with Crippen molar-refractivity contribution in [1.82, 2.24) is 40.2 Å². The van der Waals surface area contributed by atoms with Crippen molar-refractivity contribution in [2.45, 2.75) is 25.5 Å². The number of benzene rings is 1.